The second-order valence-electron chi connectivity index (χ2n) is 12.8. The van der Waals surface area contributed by atoms with E-state index in [2.05, 4.69) is 151 Å². The third-order valence-electron chi connectivity index (χ3n) is 8.25. The number of rotatable bonds is 2. The standard InChI is InChI=1S/2C19H15.2C3H6.2ClH.2Zr/c2*1-13-10-19-16(11-15-8-4-5-9-17(15)19)12-18(13)14-6-2-3-7-14;2*1-3-2;;;;/h2*2-6,8-10H,7,11H2,1H3;2*1-2H3;2*1H;;/q2*-1;;;;;;/p-2. The van der Waals surface area contributed by atoms with Crippen molar-refractivity contribution in [1.29, 1.82) is 0 Å². The number of fused-ring (bicyclic) bond motifs is 6. The molecule has 48 heavy (non-hydrogen) atoms. The minimum absolute atomic E-state index is 0. The normalized spacial score (nSPS) is 13.2. The van der Waals surface area contributed by atoms with Gasteiger partial charge in [-0.05, 0) is 36.8 Å². The molecule has 0 saturated heterocycles. The molecule has 4 aromatic rings. The van der Waals surface area contributed by atoms with Crippen LogP contribution in [-0.4, -0.2) is 6.41 Å². The molecule has 244 valence electrons. The van der Waals surface area contributed by atoms with Gasteiger partial charge in [0.1, 0.15) is 0 Å². The zero-order valence-corrected chi connectivity index (χ0v) is 35.2. The van der Waals surface area contributed by atoms with Crippen molar-refractivity contribution in [2.75, 3.05) is 0 Å². The van der Waals surface area contributed by atoms with E-state index < -0.39 is 0 Å². The minimum atomic E-state index is 0. The van der Waals surface area contributed by atoms with E-state index in [1.165, 1.54) is 84.3 Å². The third-order valence-corrected chi connectivity index (χ3v) is 8.25. The molecule has 8 rings (SSSR count). The van der Waals surface area contributed by atoms with Crippen molar-refractivity contribution in [1.82, 2.24) is 0 Å². The topological polar surface area (TPSA) is 0 Å². The molecule has 0 unspecified atom stereocenters. The van der Waals surface area contributed by atoms with Crippen LogP contribution in [0.15, 0.2) is 97.1 Å². The van der Waals surface area contributed by atoms with Crippen LogP contribution in [0.1, 0.15) is 85.0 Å². The van der Waals surface area contributed by atoms with Crippen LogP contribution in [0.25, 0.3) is 33.4 Å². The van der Waals surface area contributed by atoms with Crippen LogP contribution in [0.4, 0.5) is 0 Å². The molecule has 0 amide bonds. The maximum absolute atomic E-state index is 3.67. The quantitative estimate of drug-likeness (QED) is 0.218. The average molecular weight is 824 g/mol. The summed E-state index contributed by atoms with van der Waals surface area (Å²) >= 11 is 3.11. The minimum Gasteiger partial charge on any atom is -1.00 e. The van der Waals surface area contributed by atoms with Gasteiger partial charge in [0, 0.05) is 0 Å². The zero-order valence-electron chi connectivity index (χ0n) is 28.8. The van der Waals surface area contributed by atoms with Gasteiger partial charge in [0.15, 0.2) is 0 Å². The van der Waals surface area contributed by atoms with Crippen molar-refractivity contribution >= 4 is 17.6 Å². The van der Waals surface area contributed by atoms with Gasteiger partial charge in [-0.15, -0.1) is 80.9 Å². The van der Waals surface area contributed by atoms with E-state index in [0.717, 1.165) is 25.7 Å². The van der Waals surface area contributed by atoms with E-state index in [9.17, 15) is 0 Å². The summed E-state index contributed by atoms with van der Waals surface area (Å²) in [5.74, 6) is 0. The van der Waals surface area contributed by atoms with Crippen LogP contribution in [0.2, 0.25) is 0 Å². The molecule has 0 spiro atoms. The number of hydrogen-bond acceptors (Lipinski definition) is 0. The number of halogens is 2. The Labute approximate surface area is 331 Å². The summed E-state index contributed by atoms with van der Waals surface area (Å²) in [6.07, 6.45) is 17.3. The van der Waals surface area contributed by atoms with Crippen molar-refractivity contribution in [2.24, 2.45) is 0 Å². The molecule has 0 saturated carbocycles. The summed E-state index contributed by atoms with van der Waals surface area (Å²) in [5, 5.41) is 0. The first-order valence-corrected chi connectivity index (χ1v) is 18.6. The molecule has 0 aliphatic heterocycles. The SMILES string of the molecule is C[C](C)=[Zr].C[C](C)=[Zr].Cc1cc2c([c-]c1C1=CC=CC1)Cc1ccccc1-2.Cc1cc2c([c-]c1C1=CC=CC1)Cc1ccccc1-2.[Cl-].[Cl-]. The number of benzene rings is 4. The van der Waals surface area contributed by atoms with E-state index in [-0.39, 0.29) is 24.8 Å². The Kier molecular flexibility index (Phi) is 15.8. The van der Waals surface area contributed by atoms with Crippen LogP contribution < -0.4 is 24.8 Å². The molecule has 4 aliphatic rings. The van der Waals surface area contributed by atoms with Crippen LogP contribution >= 0.6 is 0 Å². The van der Waals surface area contributed by atoms with E-state index in [1.54, 1.807) is 48.5 Å². The molecule has 0 nitrogen and oxygen atoms in total. The van der Waals surface area contributed by atoms with Gasteiger partial charge in [-0.1, -0.05) is 109 Å². The van der Waals surface area contributed by atoms with Crippen LogP contribution in [-0.2, 0) is 61.3 Å². The molecule has 4 heteroatoms. The van der Waals surface area contributed by atoms with Crippen molar-refractivity contribution in [3.05, 3.63) is 154 Å². The monoisotopic (exact) mass is 820 g/mol. The maximum atomic E-state index is 3.67. The summed E-state index contributed by atoms with van der Waals surface area (Å²) in [7, 11) is 0. The van der Waals surface area contributed by atoms with E-state index in [0.29, 0.717) is 0 Å². The number of allylic oxidation sites excluding steroid dienone is 8. The molecule has 0 radical (unpaired) electrons. The molecule has 0 atom stereocenters. The summed E-state index contributed by atoms with van der Waals surface area (Å²) in [5.41, 5.74) is 19.2. The largest absolute Gasteiger partial charge is 1.00 e. The van der Waals surface area contributed by atoms with Gasteiger partial charge in [-0.3, -0.25) is 0 Å². The Hall–Kier alpha value is -2.07. The van der Waals surface area contributed by atoms with Crippen molar-refractivity contribution in [2.45, 2.75) is 67.2 Å². The molecule has 4 aromatic carbocycles. The average Bonchev–Trinajstić information content (AvgIpc) is 3.83. The van der Waals surface area contributed by atoms with Crippen LogP contribution in [0.5, 0.6) is 0 Å². The Morgan fingerprint density at radius 3 is 1.25 bits per heavy atom. The fraction of sp³-hybridized carbons (Fsp3) is 0.227. The summed E-state index contributed by atoms with van der Waals surface area (Å²) in [6, 6.07) is 29.4. The second-order valence-corrected chi connectivity index (χ2v) is 17.7. The molecule has 0 bridgehead atoms. The summed E-state index contributed by atoms with van der Waals surface area (Å²) < 4.78 is 3.01. The fourth-order valence-electron chi connectivity index (χ4n) is 6.33. The van der Waals surface area contributed by atoms with Crippen LogP contribution in [0.3, 0.4) is 0 Å². The molecular weight excluding hydrogens is 782 g/mol. The smallest absolute Gasteiger partial charge is 0.0195 e. The molecular formula is C44H42Cl2Zr2-4. The van der Waals surface area contributed by atoms with E-state index in [4.69, 9.17) is 0 Å². The zero-order chi connectivity index (χ0) is 32.8. The van der Waals surface area contributed by atoms with Gasteiger partial charge in [-0.25, -0.2) is 0 Å². The molecule has 4 aliphatic carbocycles. The molecule has 0 aromatic heterocycles. The summed E-state index contributed by atoms with van der Waals surface area (Å²) in [6.45, 7) is 12.9. The van der Waals surface area contributed by atoms with Gasteiger partial charge in [0.05, 0.1) is 0 Å². The van der Waals surface area contributed by atoms with Crippen LogP contribution in [0, 0.1) is 26.0 Å². The molecule has 0 fully saturated rings. The van der Waals surface area contributed by atoms with Gasteiger partial charge in [-0.2, -0.15) is 0 Å². The predicted molar refractivity (Wildman–Crippen MR) is 193 cm³/mol. The van der Waals surface area contributed by atoms with Crippen molar-refractivity contribution in [3.8, 4) is 22.3 Å². The van der Waals surface area contributed by atoms with E-state index >= 15 is 0 Å². The van der Waals surface area contributed by atoms with Gasteiger partial charge in [0.25, 0.3) is 0 Å². The third kappa shape index (κ3) is 10.0. The Balaban J connectivity index is 0.000000207. The van der Waals surface area contributed by atoms with Gasteiger partial charge in [0.2, 0.25) is 0 Å². The van der Waals surface area contributed by atoms with Gasteiger partial charge < -0.3 is 24.8 Å². The Bertz CT molecular complexity index is 1790. The number of hydrogen-bond donors (Lipinski definition) is 0. The fourth-order valence-corrected chi connectivity index (χ4v) is 6.33. The first-order chi connectivity index (χ1) is 22.1. The second kappa shape index (κ2) is 18.8. The maximum Gasteiger partial charge on any atom is -0.0195 e. The summed E-state index contributed by atoms with van der Waals surface area (Å²) in [4.78, 5) is 0. The first kappa shape index (κ1) is 40.4. The first-order valence-electron chi connectivity index (χ1n) is 16.2. The van der Waals surface area contributed by atoms with Crippen molar-refractivity contribution in [3.63, 3.8) is 0 Å². The Morgan fingerprint density at radius 2 is 0.917 bits per heavy atom. The van der Waals surface area contributed by atoms with E-state index in [1.807, 2.05) is 0 Å². The molecule has 0 N–H and O–H groups in total. The Morgan fingerprint density at radius 1 is 0.562 bits per heavy atom. The number of aryl methyl sites for hydroxylation is 2. The predicted octanol–water partition coefficient (Wildman–Crippen LogP) is 4.92. The van der Waals surface area contributed by atoms with Crippen molar-refractivity contribution < 1.29 is 73.3 Å². The molecule has 0 heterocycles. The van der Waals surface area contributed by atoms with Gasteiger partial charge >= 0.3 is 82.6 Å².